The van der Waals surface area contributed by atoms with Crippen LogP contribution in [0.5, 0.6) is 0 Å². The van der Waals surface area contributed by atoms with Gasteiger partial charge < -0.3 is 15.5 Å². The Kier molecular flexibility index (Phi) is 3.05. The molecular formula is C14H13N3OS. The second kappa shape index (κ2) is 4.85. The summed E-state index contributed by atoms with van der Waals surface area (Å²) in [4.78, 5) is 5.55. The van der Waals surface area contributed by atoms with Crippen molar-refractivity contribution in [2.24, 2.45) is 0 Å². The SMILES string of the molecule is CSc1cccc(Nc2nc3cc(N)ccc3o2)c1. The first kappa shape index (κ1) is 11.9. The van der Waals surface area contributed by atoms with Crippen molar-refractivity contribution in [2.75, 3.05) is 17.3 Å². The number of nitrogens with one attached hydrogen (secondary N) is 1. The molecule has 3 rings (SSSR count). The zero-order chi connectivity index (χ0) is 13.2. The summed E-state index contributed by atoms with van der Waals surface area (Å²) in [5.41, 5.74) is 8.82. The second-order valence-corrected chi connectivity index (χ2v) is 4.98. The maximum atomic E-state index is 5.72. The van der Waals surface area contributed by atoms with Crippen molar-refractivity contribution < 1.29 is 4.42 Å². The molecule has 0 spiro atoms. The number of hydrogen-bond acceptors (Lipinski definition) is 5. The van der Waals surface area contributed by atoms with E-state index in [9.17, 15) is 0 Å². The molecule has 0 atom stereocenters. The molecule has 0 radical (unpaired) electrons. The number of nitrogens with zero attached hydrogens (tertiary/aromatic N) is 1. The van der Waals surface area contributed by atoms with Gasteiger partial charge in [-0.05, 0) is 42.7 Å². The Morgan fingerprint density at radius 2 is 2.11 bits per heavy atom. The molecule has 0 saturated heterocycles. The Balaban J connectivity index is 1.92. The molecule has 3 aromatic rings. The van der Waals surface area contributed by atoms with E-state index in [2.05, 4.69) is 16.4 Å². The van der Waals surface area contributed by atoms with Crippen LogP contribution >= 0.6 is 11.8 Å². The highest BCUT2D eigenvalue weighted by Gasteiger charge is 2.06. The highest BCUT2D eigenvalue weighted by molar-refractivity contribution is 7.98. The monoisotopic (exact) mass is 271 g/mol. The topological polar surface area (TPSA) is 64.1 Å². The van der Waals surface area contributed by atoms with Crippen molar-refractivity contribution in [1.29, 1.82) is 0 Å². The average molecular weight is 271 g/mol. The van der Waals surface area contributed by atoms with E-state index in [4.69, 9.17) is 10.2 Å². The molecule has 0 amide bonds. The first-order valence-electron chi connectivity index (χ1n) is 5.82. The number of nitrogen functional groups attached to an aromatic ring is 1. The van der Waals surface area contributed by atoms with Gasteiger partial charge in [-0.15, -0.1) is 11.8 Å². The van der Waals surface area contributed by atoms with Gasteiger partial charge in [0.15, 0.2) is 5.58 Å². The zero-order valence-electron chi connectivity index (χ0n) is 10.4. The van der Waals surface area contributed by atoms with Crippen LogP contribution in [-0.4, -0.2) is 11.2 Å². The van der Waals surface area contributed by atoms with E-state index in [-0.39, 0.29) is 0 Å². The number of thioether (sulfide) groups is 1. The van der Waals surface area contributed by atoms with Crippen LogP contribution in [0.1, 0.15) is 0 Å². The predicted octanol–water partition coefficient (Wildman–Crippen LogP) is 3.88. The highest BCUT2D eigenvalue weighted by Crippen LogP contribution is 2.25. The Morgan fingerprint density at radius 3 is 2.95 bits per heavy atom. The fraction of sp³-hybridized carbons (Fsp3) is 0.0714. The van der Waals surface area contributed by atoms with Crippen LogP contribution in [0.2, 0.25) is 0 Å². The summed E-state index contributed by atoms with van der Waals surface area (Å²) in [5, 5.41) is 3.16. The van der Waals surface area contributed by atoms with Crippen molar-refractivity contribution in [1.82, 2.24) is 4.98 Å². The Labute approximate surface area is 115 Å². The van der Waals surface area contributed by atoms with Gasteiger partial charge in [-0.3, -0.25) is 0 Å². The van der Waals surface area contributed by atoms with Gasteiger partial charge in [0, 0.05) is 16.3 Å². The summed E-state index contributed by atoms with van der Waals surface area (Å²) in [6.45, 7) is 0. The van der Waals surface area contributed by atoms with E-state index >= 15 is 0 Å². The Morgan fingerprint density at radius 1 is 1.21 bits per heavy atom. The number of rotatable bonds is 3. The smallest absolute Gasteiger partial charge is 0.300 e. The number of oxazole rings is 1. The molecule has 2 aromatic carbocycles. The molecule has 0 aliphatic heterocycles. The van der Waals surface area contributed by atoms with E-state index in [0.717, 1.165) is 16.8 Å². The minimum Gasteiger partial charge on any atom is -0.423 e. The minimum atomic E-state index is 0.471. The zero-order valence-corrected chi connectivity index (χ0v) is 11.2. The molecule has 19 heavy (non-hydrogen) atoms. The third-order valence-electron chi connectivity index (χ3n) is 2.73. The summed E-state index contributed by atoms with van der Waals surface area (Å²) in [6.07, 6.45) is 2.04. The summed E-state index contributed by atoms with van der Waals surface area (Å²) < 4.78 is 5.62. The molecular weight excluding hydrogens is 258 g/mol. The summed E-state index contributed by atoms with van der Waals surface area (Å²) in [5.74, 6) is 0. The molecule has 1 heterocycles. The summed E-state index contributed by atoms with van der Waals surface area (Å²) in [6, 6.07) is 14.0. The van der Waals surface area contributed by atoms with E-state index in [0.29, 0.717) is 11.7 Å². The molecule has 0 unspecified atom stereocenters. The number of anilines is 3. The molecule has 5 heteroatoms. The fourth-order valence-electron chi connectivity index (χ4n) is 1.82. The van der Waals surface area contributed by atoms with Gasteiger partial charge in [0.25, 0.3) is 6.01 Å². The van der Waals surface area contributed by atoms with Crippen molar-refractivity contribution >= 4 is 40.3 Å². The first-order chi connectivity index (χ1) is 9.24. The molecule has 3 N–H and O–H groups in total. The van der Waals surface area contributed by atoms with Gasteiger partial charge in [-0.25, -0.2) is 0 Å². The van der Waals surface area contributed by atoms with E-state index in [1.54, 1.807) is 23.9 Å². The lowest BCUT2D eigenvalue weighted by Gasteiger charge is -2.02. The predicted molar refractivity (Wildman–Crippen MR) is 79.9 cm³/mol. The lowest BCUT2D eigenvalue weighted by Crippen LogP contribution is -1.89. The van der Waals surface area contributed by atoms with Gasteiger partial charge in [0.2, 0.25) is 0 Å². The molecule has 0 aliphatic rings. The van der Waals surface area contributed by atoms with Crippen LogP contribution in [0.25, 0.3) is 11.1 Å². The van der Waals surface area contributed by atoms with Gasteiger partial charge >= 0.3 is 0 Å². The van der Waals surface area contributed by atoms with Gasteiger partial charge in [-0.1, -0.05) is 6.07 Å². The Hall–Kier alpha value is -2.14. The molecule has 1 aromatic heterocycles. The maximum absolute atomic E-state index is 5.72. The van der Waals surface area contributed by atoms with Crippen molar-refractivity contribution in [3.8, 4) is 0 Å². The lowest BCUT2D eigenvalue weighted by atomic mass is 10.3. The first-order valence-corrected chi connectivity index (χ1v) is 7.04. The van der Waals surface area contributed by atoms with Crippen molar-refractivity contribution in [2.45, 2.75) is 4.90 Å². The maximum Gasteiger partial charge on any atom is 0.300 e. The normalized spacial score (nSPS) is 10.8. The van der Waals surface area contributed by atoms with Crippen LogP contribution < -0.4 is 11.1 Å². The number of hydrogen-bond donors (Lipinski definition) is 2. The molecule has 0 fully saturated rings. The summed E-state index contributed by atoms with van der Waals surface area (Å²) in [7, 11) is 0. The highest BCUT2D eigenvalue weighted by atomic mass is 32.2. The third kappa shape index (κ3) is 2.51. The second-order valence-electron chi connectivity index (χ2n) is 4.10. The van der Waals surface area contributed by atoms with E-state index in [1.807, 2.05) is 30.5 Å². The summed E-state index contributed by atoms with van der Waals surface area (Å²) >= 11 is 1.69. The molecule has 0 saturated carbocycles. The standard InChI is InChI=1S/C14H13N3OS/c1-19-11-4-2-3-10(8-11)16-14-17-12-7-9(15)5-6-13(12)18-14/h2-8H,15H2,1H3,(H,16,17). The van der Waals surface area contributed by atoms with Crippen LogP contribution in [0.4, 0.5) is 17.4 Å². The van der Waals surface area contributed by atoms with Gasteiger partial charge in [0.05, 0.1) is 0 Å². The molecule has 96 valence electrons. The van der Waals surface area contributed by atoms with Crippen LogP contribution in [0, 0.1) is 0 Å². The largest absolute Gasteiger partial charge is 0.423 e. The van der Waals surface area contributed by atoms with Crippen LogP contribution in [0.3, 0.4) is 0 Å². The van der Waals surface area contributed by atoms with E-state index < -0.39 is 0 Å². The number of nitrogens with two attached hydrogens (primary N) is 1. The average Bonchev–Trinajstić information content (AvgIpc) is 2.80. The quantitative estimate of drug-likeness (QED) is 0.559. The molecule has 4 nitrogen and oxygen atoms in total. The van der Waals surface area contributed by atoms with Crippen LogP contribution in [-0.2, 0) is 0 Å². The fourth-order valence-corrected chi connectivity index (χ4v) is 2.28. The van der Waals surface area contributed by atoms with E-state index in [1.165, 1.54) is 4.90 Å². The van der Waals surface area contributed by atoms with Crippen molar-refractivity contribution in [3.63, 3.8) is 0 Å². The molecule has 0 aliphatic carbocycles. The van der Waals surface area contributed by atoms with Gasteiger partial charge in [-0.2, -0.15) is 4.98 Å². The van der Waals surface area contributed by atoms with Crippen LogP contribution in [0.15, 0.2) is 51.8 Å². The molecule has 0 bridgehead atoms. The van der Waals surface area contributed by atoms with Crippen molar-refractivity contribution in [3.05, 3.63) is 42.5 Å². The Bertz CT molecular complexity index is 724. The number of benzene rings is 2. The lowest BCUT2D eigenvalue weighted by molar-refractivity contribution is 0.623. The third-order valence-corrected chi connectivity index (χ3v) is 3.46. The number of aromatic nitrogens is 1. The van der Waals surface area contributed by atoms with Gasteiger partial charge in [0.1, 0.15) is 5.52 Å². The minimum absolute atomic E-state index is 0.471. The number of fused-ring (bicyclic) bond motifs is 1.